The van der Waals surface area contributed by atoms with Crippen molar-refractivity contribution in [2.75, 3.05) is 23.3 Å². The molecule has 1 saturated heterocycles. The molecule has 1 aliphatic carbocycles. The average molecular weight is 593 g/mol. The van der Waals surface area contributed by atoms with Gasteiger partial charge in [-0.1, -0.05) is 0 Å². The second-order valence-corrected chi connectivity index (χ2v) is 13.0. The van der Waals surface area contributed by atoms with Gasteiger partial charge in [-0.05, 0) is 50.7 Å². The Kier molecular flexibility index (Phi) is 5.92. The number of pyridine rings is 1. The van der Waals surface area contributed by atoms with E-state index in [4.69, 9.17) is 9.47 Å². The molecule has 3 aliphatic rings. The summed E-state index contributed by atoms with van der Waals surface area (Å²) in [6.45, 7) is 6.10. The maximum Gasteiger partial charge on any atom is 0.412 e. The SMILES string of the molecule is CC(C)(C)OC(=O)Nc1sc2c(F)cnc(-c3c4c(c5cnc(N6CC(O)(C7CC7)C6)nc5c3F)COC4)c2c1C#N. The number of carbonyl (C=O) groups excluding carboxylic acids is 1. The molecular formula is C29H26F2N6O4S. The summed E-state index contributed by atoms with van der Waals surface area (Å²) in [5, 5.41) is 24.0. The number of anilines is 2. The topological polar surface area (TPSA) is 133 Å². The molecule has 2 fully saturated rings. The molecule has 7 rings (SSSR count). The Hall–Kier alpha value is -3.99. The minimum absolute atomic E-state index is 0.0399. The van der Waals surface area contributed by atoms with Crippen LogP contribution >= 0.6 is 11.3 Å². The van der Waals surface area contributed by atoms with Crippen LogP contribution in [0.4, 0.5) is 24.5 Å². The number of hydrogen-bond acceptors (Lipinski definition) is 10. The van der Waals surface area contributed by atoms with E-state index in [2.05, 4.69) is 20.3 Å². The highest BCUT2D eigenvalue weighted by molar-refractivity contribution is 7.23. The van der Waals surface area contributed by atoms with Gasteiger partial charge in [-0.25, -0.2) is 23.5 Å². The molecule has 0 bridgehead atoms. The highest BCUT2D eigenvalue weighted by Crippen LogP contribution is 2.47. The van der Waals surface area contributed by atoms with Gasteiger partial charge in [0.05, 0.1) is 48.5 Å². The van der Waals surface area contributed by atoms with Gasteiger partial charge in [0.1, 0.15) is 27.8 Å². The van der Waals surface area contributed by atoms with Crippen molar-refractivity contribution in [1.29, 1.82) is 5.26 Å². The Morgan fingerprint density at radius 2 is 1.98 bits per heavy atom. The van der Waals surface area contributed by atoms with Crippen LogP contribution in [0.5, 0.6) is 0 Å². The molecule has 1 saturated carbocycles. The standard InChI is InChI=1S/C29H26F2N6O4S/c1-28(2,3)41-27(38)36-25-14(6-32)20-23(33-8-18(30)24(20)42-25)19-17-10-40-9-16(17)15-7-34-26(35-22(15)21(19)31)37-11-29(39,12-37)13-4-5-13/h7-8,13,39H,4-5,9-12H2,1-3H3,(H,36,38). The van der Waals surface area contributed by atoms with Crippen LogP contribution in [-0.2, 0) is 22.7 Å². The van der Waals surface area contributed by atoms with E-state index in [9.17, 15) is 15.2 Å². The second-order valence-electron chi connectivity index (χ2n) is 12.0. The van der Waals surface area contributed by atoms with Gasteiger partial charge in [-0.2, -0.15) is 5.26 Å². The maximum absolute atomic E-state index is 16.6. The smallest absolute Gasteiger partial charge is 0.412 e. The zero-order chi connectivity index (χ0) is 29.6. The number of amides is 1. The Morgan fingerprint density at radius 3 is 2.67 bits per heavy atom. The minimum Gasteiger partial charge on any atom is -0.444 e. The number of aromatic nitrogens is 3. The van der Waals surface area contributed by atoms with E-state index in [0.717, 1.165) is 30.4 Å². The van der Waals surface area contributed by atoms with E-state index in [0.29, 0.717) is 35.6 Å². The monoisotopic (exact) mass is 592 g/mol. The van der Waals surface area contributed by atoms with E-state index in [1.54, 1.807) is 27.0 Å². The molecule has 3 aromatic heterocycles. The summed E-state index contributed by atoms with van der Waals surface area (Å²) >= 11 is 0.846. The zero-order valence-corrected chi connectivity index (χ0v) is 23.9. The predicted molar refractivity (Wildman–Crippen MR) is 151 cm³/mol. The fourth-order valence-corrected chi connectivity index (χ4v) is 6.83. The third kappa shape index (κ3) is 4.24. The molecule has 2 N–H and O–H groups in total. The van der Waals surface area contributed by atoms with Gasteiger partial charge >= 0.3 is 6.09 Å². The van der Waals surface area contributed by atoms with Crippen LogP contribution < -0.4 is 10.2 Å². The number of hydrogen-bond donors (Lipinski definition) is 2. The number of aliphatic hydroxyl groups is 1. The highest BCUT2D eigenvalue weighted by atomic mass is 32.1. The van der Waals surface area contributed by atoms with Crippen molar-refractivity contribution in [2.24, 2.45) is 5.92 Å². The Balaban J connectivity index is 1.38. The largest absolute Gasteiger partial charge is 0.444 e. The predicted octanol–water partition coefficient (Wildman–Crippen LogP) is 5.39. The summed E-state index contributed by atoms with van der Waals surface area (Å²) in [6.07, 6.45) is 3.72. The molecule has 0 unspecified atom stereocenters. The lowest BCUT2D eigenvalue weighted by Crippen LogP contribution is -2.63. The summed E-state index contributed by atoms with van der Waals surface area (Å²) in [5.74, 6) is -0.842. The van der Waals surface area contributed by atoms with Gasteiger partial charge in [0.15, 0.2) is 11.6 Å². The number of thiophene rings is 1. The van der Waals surface area contributed by atoms with Crippen molar-refractivity contribution in [1.82, 2.24) is 15.0 Å². The van der Waals surface area contributed by atoms with Crippen molar-refractivity contribution in [3.05, 3.63) is 40.7 Å². The second kappa shape index (κ2) is 9.26. The first-order valence-corrected chi connectivity index (χ1v) is 14.4. The van der Waals surface area contributed by atoms with E-state index in [-0.39, 0.29) is 56.6 Å². The van der Waals surface area contributed by atoms with Crippen molar-refractivity contribution >= 4 is 49.4 Å². The first-order valence-electron chi connectivity index (χ1n) is 13.5. The molecule has 0 radical (unpaired) electrons. The minimum atomic E-state index is -0.810. The van der Waals surface area contributed by atoms with E-state index >= 15 is 8.78 Å². The van der Waals surface area contributed by atoms with E-state index < -0.39 is 28.9 Å². The molecule has 10 nitrogen and oxygen atoms in total. The van der Waals surface area contributed by atoms with E-state index in [1.807, 2.05) is 11.0 Å². The molecule has 0 atom stereocenters. The van der Waals surface area contributed by atoms with Gasteiger partial charge in [0.2, 0.25) is 5.95 Å². The van der Waals surface area contributed by atoms with Gasteiger partial charge in [0.25, 0.3) is 0 Å². The zero-order valence-electron chi connectivity index (χ0n) is 23.0. The molecule has 216 valence electrons. The van der Waals surface area contributed by atoms with E-state index in [1.165, 1.54) is 0 Å². The number of benzene rings is 1. The third-order valence-corrected chi connectivity index (χ3v) is 8.98. The number of nitrogens with zero attached hydrogens (tertiary/aromatic N) is 5. The van der Waals surface area contributed by atoms with Crippen molar-refractivity contribution < 1.29 is 28.2 Å². The summed E-state index contributed by atoms with van der Waals surface area (Å²) in [7, 11) is 0. The average Bonchev–Trinajstić information content (AvgIpc) is 3.55. The number of fused-ring (bicyclic) bond motifs is 4. The molecule has 5 heterocycles. The van der Waals surface area contributed by atoms with Crippen molar-refractivity contribution in [2.45, 2.75) is 58.0 Å². The van der Waals surface area contributed by atoms with Gasteiger partial charge in [-0.3, -0.25) is 10.3 Å². The molecule has 2 aliphatic heterocycles. The number of halogens is 2. The van der Waals surface area contributed by atoms with Crippen LogP contribution in [0.2, 0.25) is 0 Å². The Morgan fingerprint density at radius 1 is 1.24 bits per heavy atom. The third-order valence-electron chi connectivity index (χ3n) is 7.87. The molecule has 0 spiro atoms. The van der Waals surface area contributed by atoms with Gasteiger partial charge < -0.3 is 19.5 Å². The maximum atomic E-state index is 16.6. The first-order chi connectivity index (χ1) is 20.0. The Labute approximate surface area is 242 Å². The molecule has 4 aromatic rings. The summed E-state index contributed by atoms with van der Waals surface area (Å²) < 4.78 is 42.8. The number of nitrogens with one attached hydrogen (secondary N) is 1. The first kappa shape index (κ1) is 26.9. The quantitative estimate of drug-likeness (QED) is 0.320. The molecule has 42 heavy (non-hydrogen) atoms. The molecular weight excluding hydrogens is 566 g/mol. The van der Waals surface area contributed by atoms with Crippen molar-refractivity contribution in [3.8, 4) is 17.3 Å². The van der Waals surface area contributed by atoms with Crippen molar-refractivity contribution in [3.63, 3.8) is 0 Å². The highest BCUT2D eigenvalue weighted by Gasteiger charge is 2.52. The van der Waals surface area contributed by atoms with Crippen LogP contribution in [0.15, 0.2) is 12.4 Å². The Bertz CT molecular complexity index is 1850. The van der Waals surface area contributed by atoms with Gasteiger partial charge in [0, 0.05) is 22.5 Å². The van der Waals surface area contributed by atoms with Gasteiger partial charge in [-0.15, -0.1) is 11.3 Å². The van der Waals surface area contributed by atoms with Crippen LogP contribution in [0.25, 0.3) is 32.2 Å². The number of carbonyl (C=O) groups is 1. The van der Waals surface area contributed by atoms with Crippen LogP contribution in [0.3, 0.4) is 0 Å². The lowest BCUT2D eigenvalue weighted by Gasteiger charge is -2.46. The van der Waals surface area contributed by atoms with Crippen LogP contribution in [-0.4, -0.2) is 50.4 Å². The summed E-state index contributed by atoms with van der Waals surface area (Å²) in [5.41, 5.74) is -0.278. The number of ether oxygens (including phenoxy) is 2. The molecule has 1 amide bonds. The van der Waals surface area contributed by atoms with Crippen LogP contribution in [0.1, 0.15) is 50.3 Å². The fourth-order valence-electron chi connectivity index (χ4n) is 5.79. The summed E-state index contributed by atoms with van der Waals surface area (Å²) in [6, 6.07) is 2.03. The summed E-state index contributed by atoms with van der Waals surface area (Å²) in [4.78, 5) is 27.6. The molecule has 13 heteroatoms. The number of rotatable bonds is 4. The van der Waals surface area contributed by atoms with Crippen LogP contribution in [0, 0.1) is 28.9 Å². The molecule has 1 aromatic carbocycles. The lowest BCUT2D eigenvalue weighted by molar-refractivity contribution is -0.0102. The normalized spacial score (nSPS) is 17.7. The lowest BCUT2D eigenvalue weighted by atomic mass is 9.89. The number of nitriles is 1. The number of β-amino-alcohol motifs (C(OH)–C–C–N with tert-alkyl or cyclic N) is 1. The fraction of sp³-hybridized carbons (Fsp3) is 0.414.